The van der Waals surface area contributed by atoms with Crippen LogP contribution >= 0.6 is 0 Å². The van der Waals surface area contributed by atoms with E-state index < -0.39 is 42.4 Å². The van der Waals surface area contributed by atoms with E-state index in [-0.39, 0.29) is 11.7 Å². The summed E-state index contributed by atoms with van der Waals surface area (Å²) in [5.74, 6) is -2.89. The number of amides is 3. The number of aliphatic hydroxyl groups excluding tert-OH is 1. The van der Waals surface area contributed by atoms with Gasteiger partial charge in [0.1, 0.15) is 18.8 Å². The normalized spacial score (nSPS) is 18.2. The lowest BCUT2D eigenvalue weighted by atomic mass is 10.2. The molecule has 1 heterocycles. The molecule has 0 saturated carbocycles. The van der Waals surface area contributed by atoms with E-state index in [1.54, 1.807) is 24.3 Å². The van der Waals surface area contributed by atoms with Crippen LogP contribution in [0.3, 0.4) is 0 Å². The molecular weight excluding hydrogens is 320 g/mol. The predicted molar refractivity (Wildman–Crippen MR) is 77.8 cm³/mol. The first-order chi connectivity index (χ1) is 11.4. The van der Waals surface area contributed by atoms with Crippen LogP contribution in [0.15, 0.2) is 30.3 Å². The second kappa shape index (κ2) is 7.55. The summed E-state index contributed by atoms with van der Waals surface area (Å²) in [7, 11) is 0. The summed E-state index contributed by atoms with van der Waals surface area (Å²) in [4.78, 5) is 50.8. The van der Waals surface area contributed by atoms with E-state index in [9.17, 15) is 24.3 Å². The Morgan fingerprint density at radius 3 is 2.58 bits per heavy atom. The molecule has 1 aliphatic heterocycles. The van der Waals surface area contributed by atoms with Gasteiger partial charge in [-0.2, -0.15) is 0 Å². The summed E-state index contributed by atoms with van der Waals surface area (Å²) in [6.07, 6.45) is -2.83. The van der Waals surface area contributed by atoms with Crippen molar-refractivity contribution in [2.75, 3.05) is 0 Å². The van der Waals surface area contributed by atoms with Crippen molar-refractivity contribution < 1.29 is 33.9 Å². The molecule has 128 valence electrons. The van der Waals surface area contributed by atoms with Crippen LogP contribution in [0.1, 0.15) is 18.9 Å². The second-order valence-electron chi connectivity index (χ2n) is 5.08. The zero-order valence-electron chi connectivity index (χ0n) is 12.8. The molecule has 3 amide bonds. The number of aliphatic hydroxyl groups is 1. The predicted octanol–water partition coefficient (Wildman–Crippen LogP) is -0.121. The number of imide groups is 1. The average Bonchev–Trinajstić information content (AvgIpc) is 2.80. The Balaban J connectivity index is 1.80. The Bertz CT molecular complexity index is 646. The van der Waals surface area contributed by atoms with Gasteiger partial charge >= 0.3 is 12.1 Å². The Morgan fingerprint density at radius 1 is 1.33 bits per heavy atom. The number of ether oxygens (including phenoxy) is 1. The lowest BCUT2D eigenvalue weighted by molar-refractivity contribution is -0.199. The summed E-state index contributed by atoms with van der Waals surface area (Å²) in [5, 5.41) is 11.6. The average molecular weight is 336 g/mol. The maximum absolute atomic E-state index is 11.8. The van der Waals surface area contributed by atoms with Gasteiger partial charge in [-0.1, -0.05) is 35.4 Å². The zero-order valence-corrected chi connectivity index (χ0v) is 12.8. The molecule has 0 aliphatic carbocycles. The molecule has 1 aliphatic rings. The van der Waals surface area contributed by atoms with Gasteiger partial charge in [-0.25, -0.2) is 9.59 Å². The molecule has 24 heavy (non-hydrogen) atoms. The van der Waals surface area contributed by atoms with E-state index in [4.69, 9.17) is 4.74 Å². The lowest BCUT2D eigenvalue weighted by Crippen LogP contribution is -2.44. The number of hydroxylamine groups is 2. The molecule has 2 rings (SSSR count). The molecule has 0 bridgehead atoms. The first-order valence-electron chi connectivity index (χ1n) is 7.12. The standard InChI is InChI=1S/C15H16N2O7/c1-9(14(21)24-17-12(19)7-11(18)13(17)20)16-15(22)23-8-10-5-3-2-4-6-10/h2-6,9,11,18H,7-8H2,1H3,(H,16,22)/t9-,11?/m0/s1. The van der Waals surface area contributed by atoms with Crippen LogP contribution in [0, 0.1) is 0 Å². The molecule has 1 saturated heterocycles. The SMILES string of the molecule is C[C@H](NC(=O)OCc1ccccc1)C(=O)ON1C(=O)CC(O)C1=O. The summed E-state index contributed by atoms with van der Waals surface area (Å²) < 4.78 is 4.93. The summed E-state index contributed by atoms with van der Waals surface area (Å²) >= 11 is 0. The monoisotopic (exact) mass is 336 g/mol. The van der Waals surface area contributed by atoms with Crippen molar-refractivity contribution in [2.45, 2.75) is 32.1 Å². The Kier molecular flexibility index (Phi) is 5.48. The topological polar surface area (TPSA) is 122 Å². The van der Waals surface area contributed by atoms with Gasteiger partial charge in [0.15, 0.2) is 0 Å². The van der Waals surface area contributed by atoms with Gasteiger partial charge < -0.3 is 20.0 Å². The Morgan fingerprint density at radius 2 is 2.00 bits per heavy atom. The highest BCUT2D eigenvalue weighted by Crippen LogP contribution is 2.13. The second-order valence-corrected chi connectivity index (χ2v) is 5.08. The third-order valence-electron chi connectivity index (χ3n) is 3.16. The minimum Gasteiger partial charge on any atom is -0.445 e. The van der Waals surface area contributed by atoms with Crippen molar-refractivity contribution in [2.24, 2.45) is 0 Å². The number of carbonyl (C=O) groups is 4. The molecule has 9 nitrogen and oxygen atoms in total. The number of hydrogen-bond donors (Lipinski definition) is 2. The molecular formula is C15H16N2O7. The number of carbonyl (C=O) groups excluding carboxylic acids is 4. The van der Waals surface area contributed by atoms with E-state index in [0.29, 0.717) is 0 Å². The van der Waals surface area contributed by atoms with E-state index in [2.05, 4.69) is 10.2 Å². The number of rotatable bonds is 5. The number of nitrogens with one attached hydrogen (secondary N) is 1. The van der Waals surface area contributed by atoms with Crippen LogP contribution in [-0.4, -0.2) is 46.2 Å². The van der Waals surface area contributed by atoms with Crippen LogP contribution in [0.5, 0.6) is 0 Å². The van der Waals surface area contributed by atoms with Gasteiger partial charge in [-0.15, -0.1) is 0 Å². The van der Waals surface area contributed by atoms with Gasteiger partial charge in [0, 0.05) is 0 Å². The highest BCUT2D eigenvalue weighted by molar-refractivity contribution is 6.04. The van der Waals surface area contributed by atoms with Gasteiger partial charge in [0.25, 0.3) is 11.8 Å². The minimum atomic E-state index is -1.52. The smallest absolute Gasteiger partial charge is 0.408 e. The quantitative estimate of drug-likeness (QED) is 0.719. The molecule has 0 aromatic heterocycles. The third kappa shape index (κ3) is 4.29. The molecule has 2 N–H and O–H groups in total. The highest BCUT2D eigenvalue weighted by Gasteiger charge is 2.41. The van der Waals surface area contributed by atoms with Crippen molar-refractivity contribution in [3.63, 3.8) is 0 Å². The Labute approximate surface area is 137 Å². The fraction of sp³-hybridized carbons (Fsp3) is 0.333. The van der Waals surface area contributed by atoms with Crippen LogP contribution < -0.4 is 5.32 Å². The molecule has 1 aromatic rings. The molecule has 0 spiro atoms. The van der Waals surface area contributed by atoms with Crippen molar-refractivity contribution in [1.29, 1.82) is 0 Å². The number of alkyl carbamates (subject to hydrolysis) is 1. The van der Waals surface area contributed by atoms with Crippen molar-refractivity contribution >= 4 is 23.9 Å². The molecule has 2 atom stereocenters. The Hall–Kier alpha value is -2.94. The summed E-state index contributed by atoms with van der Waals surface area (Å²) in [6, 6.07) is 7.76. The van der Waals surface area contributed by atoms with E-state index in [1.807, 2.05) is 6.07 Å². The van der Waals surface area contributed by atoms with Crippen LogP contribution in [0.4, 0.5) is 4.79 Å². The van der Waals surface area contributed by atoms with Gasteiger partial charge in [0.2, 0.25) is 0 Å². The van der Waals surface area contributed by atoms with Gasteiger partial charge in [-0.3, -0.25) is 9.59 Å². The molecule has 9 heteroatoms. The molecule has 1 unspecified atom stereocenters. The number of nitrogens with zero attached hydrogens (tertiary/aromatic N) is 1. The summed E-state index contributed by atoms with van der Waals surface area (Å²) in [6.45, 7) is 1.32. The minimum absolute atomic E-state index is 0.0176. The van der Waals surface area contributed by atoms with Crippen LogP contribution in [-0.2, 0) is 30.6 Å². The largest absolute Gasteiger partial charge is 0.445 e. The van der Waals surface area contributed by atoms with Gasteiger partial charge in [0.05, 0.1) is 6.42 Å². The number of hydrogen-bond acceptors (Lipinski definition) is 7. The van der Waals surface area contributed by atoms with Crippen LogP contribution in [0.2, 0.25) is 0 Å². The summed E-state index contributed by atoms with van der Waals surface area (Å²) in [5.41, 5.74) is 0.769. The first-order valence-corrected chi connectivity index (χ1v) is 7.12. The lowest BCUT2D eigenvalue weighted by Gasteiger charge is -2.17. The molecule has 1 aromatic carbocycles. The van der Waals surface area contributed by atoms with Crippen molar-refractivity contribution in [1.82, 2.24) is 10.4 Å². The van der Waals surface area contributed by atoms with Crippen LogP contribution in [0.25, 0.3) is 0 Å². The molecule has 1 fully saturated rings. The van der Waals surface area contributed by atoms with Crippen molar-refractivity contribution in [3.05, 3.63) is 35.9 Å². The first kappa shape index (κ1) is 17.4. The maximum atomic E-state index is 11.8. The number of benzene rings is 1. The van der Waals surface area contributed by atoms with E-state index in [1.165, 1.54) is 6.92 Å². The van der Waals surface area contributed by atoms with Crippen molar-refractivity contribution in [3.8, 4) is 0 Å². The van der Waals surface area contributed by atoms with E-state index in [0.717, 1.165) is 5.56 Å². The zero-order chi connectivity index (χ0) is 17.7. The fourth-order valence-electron chi connectivity index (χ4n) is 1.86. The maximum Gasteiger partial charge on any atom is 0.408 e. The fourth-order valence-corrected chi connectivity index (χ4v) is 1.86. The van der Waals surface area contributed by atoms with Gasteiger partial charge in [-0.05, 0) is 12.5 Å². The van der Waals surface area contributed by atoms with E-state index >= 15 is 0 Å². The highest BCUT2D eigenvalue weighted by atomic mass is 16.7. The third-order valence-corrected chi connectivity index (χ3v) is 3.16. The molecule has 0 radical (unpaired) electrons.